The first kappa shape index (κ1) is 22.3. The maximum absolute atomic E-state index is 13.6. The molecule has 35 heavy (non-hydrogen) atoms. The molecular formula is C24H18N6O4S. The Kier molecular flexibility index (Phi) is 5.98. The summed E-state index contributed by atoms with van der Waals surface area (Å²) in [5.41, 5.74) is 2.72. The minimum atomic E-state index is -1.47. The Morgan fingerprint density at radius 2 is 1.66 bits per heavy atom. The molecule has 0 saturated carbocycles. The maximum atomic E-state index is 13.6. The molecule has 0 aliphatic carbocycles. The van der Waals surface area contributed by atoms with E-state index in [1.165, 1.54) is 0 Å². The molecule has 11 heteroatoms. The molecule has 3 heterocycles. The highest BCUT2D eigenvalue weighted by Crippen LogP contribution is 2.35. The second-order valence-electron chi connectivity index (χ2n) is 7.49. The molecule has 2 N–H and O–H groups in total. The molecule has 0 unspecified atom stereocenters. The topological polar surface area (TPSA) is 130 Å². The Hall–Kier alpha value is -4.51. The molecule has 4 aromatic rings. The third kappa shape index (κ3) is 4.24. The summed E-state index contributed by atoms with van der Waals surface area (Å²) >= 11 is 0.980. The van der Waals surface area contributed by atoms with Crippen molar-refractivity contribution in [3.63, 3.8) is 0 Å². The molecule has 1 aliphatic rings. The maximum Gasteiger partial charge on any atom is 0.344 e. The van der Waals surface area contributed by atoms with Crippen LogP contribution in [0, 0.1) is 0 Å². The fourth-order valence-corrected chi connectivity index (χ4v) is 4.28. The number of pyridine rings is 1. The monoisotopic (exact) mass is 486 g/mol. The third-order valence-corrected chi connectivity index (χ3v) is 6.13. The molecule has 2 aromatic heterocycles. The smallest absolute Gasteiger partial charge is 0.344 e. The van der Waals surface area contributed by atoms with Crippen molar-refractivity contribution in [3.8, 4) is 11.5 Å². The van der Waals surface area contributed by atoms with Crippen LogP contribution >= 0.6 is 11.8 Å². The molecule has 4 amide bonds. The molecule has 10 nitrogen and oxygen atoms in total. The zero-order valence-corrected chi connectivity index (χ0v) is 18.9. The molecule has 1 fully saturated rings. The number of nitrogens with one attached hydrogen (secondary N) is 2. The van der Waals surface area contributed by atoms with Crippen LogP contribution < -0.4 is 10.7 Å². The van der Waals surface area contributed by atoms with Gasteiger partial charge in [-0.15, -0.1) is 10.2 Å². The van der Waals surface area contributed by atoms with Crippen molar-refractivity contribution in [1.29, 1.82) is 0 Å². The van der Waals surface area contributed by atoms with E-state index in [0.717, 1.165) is 11.8 Å². The van der Waals surface area contributed by atoms with Gasteiger partial charge in [0.25, 0.3) is 11.1 Å². The lowest BCUT2D eigenvalue weighted by Gasteiger charge is -2.27. The van der Waals surface area contributed by atoms with Crippen LogP contribution in [0.3, 0.4) is 0 Å². The molecule has 1 saturated heterocycles. The third-order valence-electron chi connectivity index (χ3n) is 5.31. The van der Waals surface area contributed by atoms with E-state index in [9.17, 15) is 14.4 Å². The number of hydrogen-bond acceptors (Lipinski definition) is 8. The van der Waals surface area contributed by atoms with Gasteiger partial charge in [0.1, 0.15) is 0 Å². The van der Waals surface area contributed by atoms with Gasteiger partial charge in [0.15, 0.2) is 5.54 Å². The molecule has 2 aromatic carbocycles. The van der Waals surface area contributed by atoms with Gasteiger partial charge in [-0.3, -0.25) is 20.0 Å². The lowest BCUT2D eigenvalue weighted by atomic mass is 9.83. The molecule has 0 atom stereocenters. The van der Waals surface area contributed by atoms with Crippen LogP contribution in [-0.4, -0.2) is 43.8 Å². The summed E-state index contributed by atoms with van der Waals surface area (Å²) in [5.74, 6) is -1.09. The van der Waals surface area contributed by atoms with Gasteiger partial charge < -0.3 is 9.73 Å². The van der Waals surface area contributed by atoms with E-state index in [2.05, 4.69) is 25.9 Å². The van der Waals surface area contributed by atoms with Gasteiger partial charge in [-0.1, -0.05) is 72.4 Å². The first-order chi connectivity index (χ1) is 17.1. The molecule has 174 valence electrons. The second kappa shape index (κ2) is 9.39. The number of amides is 4. The van der Waals surface area contributed by atoms with Crippen molar-refractivity contribution >= 4 is 29.6 Å². The number of hydrogen-bond donors (Lipinski definition) is 2. The highest BCUT2D eigenvalue weighted by atomic mass is 32.2. The fourth-order valence-electron chi connectivity index (χ4n) is 3.72. The average Bonchev–Trinajstić information content (AvgIpc) is 3.48. The number of urea groups is 1. The molecule has 5 rings (SSSR count). The molecule has 1 aliphatic heterocycles. The van der Waals surface area contributed by atoms with Crippen molar-refractivity contribution in [2.45, 2.75) is 10.8 Å². The summed E-state index contributed by atoms with van der Waals surface area (Å²) in [6.07, 6.45) is 3.21. The van der Waals surface area contributed by atoms with Crippen LogP contribution in [0.1, 0.15) is 11.1 Å². The Balaban J connectivity index is 1.31. The fraction of sp³-hybridized carbons (Fsp3) is 0.0833. The van der Waals surface area contributed by atoms with Crippen molar-refractivity contribution in [2.24, 2.45) is 0 Å². The van der Waals surface area contributed by atoms with Gasteiger partial charge in [0.05, 0.1) is 11.3 Å². The van der Waals surface area contributed by atoms with E-state index in [-0.39, 0.29) is 16.9 Å². The van der Waals surface area contributed by atoms with Crippen molar-refractivity contribution in [3.05, 3.63) is 96.3 Å². The van der Waals surface area contributed by atoms with Crippen LogP contribution in [0.5, 0.6) is 0 Å². The predicted octanol–water partition coefficient (Wildman–Crippen LogP) is 2.75. The van der Waals surface area contributed by atoms with E-state index >= 15 is 0 Å². The number of nitrogens with zero attached hydrogens (tertiary/aromatic N) is 4. The van der Waals surface area contributed by atoms with Crippen LogP contribution in [0.25, 0.3) is 11.5 Å². The van der Waals surface area contributed by atoms with E-state index in [4.69, 9.17) is 4.42 Å². The van der Waals surface area contributed by atoms with Crippen LogP contribution in [-0.2, 0) is 15.1 Å². The van der Waals surface area contributed by atoms with Crippen molar-refractivity contribution in [2.75, 3.05) is 5.75 Å². The second-order valence-corrected chi connectivity index (χ2v) is 8.42. The highest BCUT2D eigenvalue weighted by molar-refractivity contribution is 7.99. The first-order valence-corrected chi connectivity index (χ1v) is 11.5. The number of carbonyl (C=O) groups is 3. The SMILES string of the molecule is O=C(CSc1nnc(-c2cccnc2)o1)NN1C(=O)NC(c2ccccc2)(c2ccccc2)C1=O. The van der Waals surface area contributed by atoms with Crippen molar-refractivity contribution in [1.82, 2.24) is 30.9 Å². The van der Waals surface area contributed by atoms with Gasteiger partial charge in [0, 0.05) is 12.4 Å². The van der Waals surface area contributed by atoms with Gasteiger partial charge in [0.2, 0.25) is 11.8 Å². The van der Waals surface area contributed by atoms with Crippen LogP contribution in [0.2, 0.25) is 0 Å². The van der Waals surface area contributed by atoms with Gasteiger partial charge in [-0.2, -0.15) is 5.01 Å². The van der Waals surface area contributed by atoms with Crippen LogP contribution in [0.4, 0.5) is 4.79 Å². The lowest BCUT2D eigenvalue weighted by Crippen LogP contribution is -2.49. The largest absolute Gasteiger partial charge is 0.411 e. The Labute approximate surface area is 203 Å². The summed E-state index contributed by atoms with van der Waals surface area (Å²) < 4.78 is 5.54. The van der Waals surface area contributed by atoms with Crippen molar-refractivity contribution < 1.29 is 18.8 Å². The van der Waals surface area contributed by atoms with Crippen LogP contribution in [0.15, 0.2) is 94.8 Å². The van der Waals surface area contributed by atoms with E-state index in [1.807, 2.05) is 12.1 Å². The van der Waals surface area contributed by atoms with E-state index < -0.39 is 23.4 Å². The summed E-state index contributed by atoms with van der Waals surface area (Å²) in [7, 11) is 0. The molecule has 0 spiro atoms. The minimum Gasteiger partial charge on any atom is -0.411 e. The van der Waals surface area contributed by atoms with Gasteiger partial charge in [-0.05, 0) is 23.3 Å². The first-order valence-electron chi connectivity index (χ1n) is 10.5. The Bertz CT molecular complexity index is 1330. The Morgan fingerprint density at radius 3 is 2.29 bits per heavy atom. The van der Waals surface area contributed by atoms with E-state index in [0.29, 0.717) is 21.7 Å². The molecule has 0 radical (unpaired) electrons. The number of aromatic nitrogens is 3. The standard InChI is InChI=1S/C24H18N6O4S/c31-19(15-35-23-28-27-20(34-23)16-8-7-13-25-14-16)29-30-21(32)24(26-22(30)33,17-9-3-1-4-10-17)18-11-5-2-6-12-18/h1-14H,15H2,(H,26,33)(H,29,31). The normalized spacial score (nSPS) is 14.6. The zero-order valence-electron chi connectivity index (χ0n) is 18.1. The van der Waals surface area contributed by atoms with E-state index in [1.54, 1.807) is 73.1 Å². The Morgan fingerprint density at radius 1 is 0.971 bits per heavy atom. The number of thioether (sulfide) groups is 1. The number of benzene rings is 2. The number of hydrazine groups is 1. The number of imide groups is 1. The lowest BCUT2D eigenvalue weighted by molar-refractivity contribution is -0.137. The molecular weight excluding hydrogens is 468 g/mol. The minimum absolute atomic E-state index is 0.157. The number of rotatable bonds is 7. The molecule has 0 bridgehead atoms. The summed E-state index contributed by atoms with van der Waals surface area (Å²) in [6, 6.07) is 20.5. The highest BCUT2D eigenvalue weighted by Gasteiger charge is 2.54. The summed E-state index contributed by atoms with van der Waals surface area (Å²) in [4.78, 5) is 43.0. The average molecular weight is 487 g/mol. The predicted molar refractivity (Wildman–Crippen MR) is 125 cm³/mol. The summed E-state index contributed by atoms with van der Waals surface area (Å²) in [6.45, 7) is 0. The summed E-state index contributed by atoms with van der Waals surface area (Å²) in [5, 5.41) is 11.5. The van der Waals surface area contributed by atoms with Gasteiger partial charge in [-0.25, -0.2) is 4.79 Å². The quantitative estimate of drug-likeness (QED) is 0.301. The number of carbonyl (C=O) groups excluding carboxylic acids is 3. The zero-order chi connectivity index (χ0) is 24.3. The van der Waals surface area contributed by atoms with Gasteiger partial charge >= 0.3 is 6.03 Å².